The molecule has 0 radical (unpaired) electrons. The number of carboxylic acid groups (broad SMARTS) is 1. The summed E-state index contributed by atoms with van der Waals surface area (Å²) in [5.41, 5.74) is 4.37. The van der Waals surface area contributed by atoms with Gasteiger partial charge in [-0.25, -0.2) is 4.79 Å². The Labute approximate surface area is 150 Å². The number of hydrogen-bond donors (Lipinski definition) is 2. The highest BCUT2D eigenvalue weighted by Crippen LogP contribution is 2.45. The van der Waals surface area contributed by atoms with E-state index in [9.17, 15) is 14.7 Å². The van der Waals surface area contributed by atoms with Crippen molar-refractivity contribution in [2.75, 3.05) is 0 Å². The Balaban J connectivity index is 1.89. The lowest BCUT2D eigenvalue weighted by atomic mass is 10.0. The van der Waals surface area contributed by atoms with E-state index in [0.717, 1.165) is 22.3 Å². The van der Waals surface area contributed by atoms with E-state index in [0.29, 0.717) is 11.1 Å². The van der Waals surface area contributed by atoms with Crippen molar-refractivity contribution in [1.29, 1.82) is 0 Å². The van der Waals surface area contributed by atoms with Crippen molar-refractivity contribution in [3.05, 3.63) is 101 Å². The topological polar surface area (TPSA) is 66.4 Å². The first-order valence-corrected chi connectivity index (χ1v) is 8.20. The number of aliphatic carboxylic acids is 1. The maximum absolute atomic E-state index is 12.5. The van der Waals surface area contributed by atoms with Crippen molar-refractivity contribution in [2.24, 2.45) is 0 Å². The molecule has 0 aromatic heterocycles. The lowest BCUT2D eigenvalue weighted by Gasteiger charge is -2.11. The number of rotatable bonds is 3. The molecule has 0 unspecified atom stereocenters. The van der Waals surface area contributed by atoms with E-state index in [2.05, 4.69) is 5.32 Å². The molecule has 1 aliphatic rings. The molecule has 4 nitrogen and oxygen atoms in total. The molecule has 26 heavy (non-hydrogen) atoms. The van der Waals surface area contributed by atoms with Gasteiger partial charge in [0.05, 0.1) is 0 Å². The van der Waals surface area contributed by atoms with Gasteiger partial charge >= 0.3 is 5.97 Å². The normalized spacial score (nSPS) is 11.5. The monoisotopic (exact) mass is 341 g/mol. The van der Waals surface area contributed by atoms with E-state index >= 15 is 0 Å². The Bertz CT molecular complexity index is 1000. The van der Waals surface area contributed by atoms with Gasteiger partial charge in [0.2, 0.25) is 0 Å². The predicted octanol–water partition coefficient (Wildman–Crippen LogP) is 3.94. The van der Waals surface area contributed by atoms with Crippen LogP contribution in [0.15, 0.2) is 84.6 Å². The van der Waals surface area contributed by atoms with Crippen LogP contribution in [-0.2, 0) is 4.79 Å². The summed E-state index contributed by atoms with van der Waals surface area (Å²) in [4.78, 5) is 24.5. The first kappa shape index (κ1) is 15.8. The minimum absolute atomic E-state index is 0.115. The predicted molar refractivity (Wildman–Crippen MR) is 99.4 cm³/mol. The van der Waals surface area contributed by atoms with Crippen molar-refractivity contribution in [3.8, 4) is 11.1 Å². The summed E-state index contributed by atoms with van der Waals surface area (Å²) in [5, 5.41) is 12.4. The second-order valence-electron chi connectivity index (χ2n) is 5.97. The van der Waals surface area contributed by atoms with Crippen molar-refractivity contribution in [1.82, 2.24) is 5.32 Å². The smallest absolute Gasteiger partial charge is 0.353 e. The fraction of sp³-hybridized carbons (Fsp3) is 0. The fourth-order valence-corrected chi connectivity index (χ4v) is 3.28. The Kier molecular flexibility index (Phi) is 3.86. The standard InChI is InChI=1S/C22H15NO3/c24-21(14-8-2-1-3-9-14)23-20(22(25)26)19-17-12-6-4-10-15(17)16-11-5-7-13-18(16)19/h1-13H,(H,23,24)(H,25,26). The van der Waals surface area contributed by atoms with Crippen LogP contribution < -0.4 is 5.32 Å². The molecular weight excluding hydrogens is 326 g/mol. The second-order valence-corrected chi connectivity index (χ2v) is 5.97. The third-order valence-corrected chi connectivity index (χ3v) is 4.42. The van der Waals surface area contributed by atoms with Crippen LogP contribution in [0.4, 0.5) is 0 Å². The van der Waals surface area contributed by atoms with Gasteiger partial charge in [0.1, 0.15) is 5.70 Å². The molecule has 3 aromatic rings. The fourth-order valence-electron chi connectivity index (χ4n) is 3.28. The molecule has 0 aliphatic heterocycles. The molecule has 1 aliphatic carbocycles. The molecule has 0 saturated carbocycles. The van der Waals surface area contributed by atoms with Crippen LogP contribution in [0.25, 0.3) is 16.7 Å². The molecule has 0 saturated heterocycles. The number of amides is 1. The number of carbonyl (C=O) groups is 2. The molecule has 0 spiro atoms. The molecule has 4 rings (SSSR count). The van der Waals surface area contributed by atoms with Gasteiger partial charge in [-0.2, -0.15) is 0 Å². The number of carbonyl (C=O) groups excluding carboxylic acids is 1. The van der Waals surface area contributed by atoms with Crippen molar-refractivity contribution >= 4 is 17.4 Å². The minimum Gasteiger partial charge on any atom is -0.477 e. The maximum Gasteiger partial charge on any atom is 0.353 e. The summed E-state index contributed by atoms with van der Waals surface area (Å²) in [5.74, 6) is -1.62. The average Bonchev–Trinajstić information content (AvgIpc) is 3.01. The van der Waals surface area contributed by atoms with Gasteiger partial charge in [-0.05, 0) is 34.4 Å². The van der Waals surface area contributed by atoms with Crippen LogP contribution >= 0.6 is 0 Å². The largest absolute Gasteiger partial charge is 0.477 e. The number of benzene rings is 3. The quantitative estimate of drug-likeness (QED) is 0.555. The summed E-state index contributed by atoms with van der Waals surface area (Å²) < 4.78 is 0. The molecule has 4 heteroatoms. The zero-order valence-electron chi connectivity index (χ0n) is 13.8. The van der Waals surface area contributed by atoms with Gasteiger partial charge in [-0.1, -0.05) is 66.7 Å². The van der Waals surface area contributed by atoms with Crippen LogP contribution in [-0.4, -0.2) is 17.0 Å². The Morgan fingerprint density at radius 3 is 1.62 bits per heavy atom. The van der Waals surface area contributed by atoms with Gasteiger partial charge in [0, 0.05) is 11.1 Å². The summed E-state index contributed by atoms with van der Waals surface area (Å²) in [6.07, 6.45) is 0. The third-order valence-electron chi connectivity index (χ3n) is 4.42. The van der Waals surface area contributed by atoms with Crippen LogP contribution in [0.3, 0.4) is 0 Å². The van der Waals surface area contributed by atoms with Crippen LogP contribution in [0.5, 0.6) is 0 Å². The van der Waals surface area contributed by atoms with E-state index in [-0.39, 0.29) is 5.70 Å². The first-order valence-electron chi connectivity index (χ1n) is 8.20. The van der Waals surface area contributed by atoms with E-state index in [1.54, 1.807) is 30.3 Å². The summed E-state index contributed by atoms with van der Waals surface area (Å²) in [7, 11) is 0. The zero-order valence-corrected chi connectivity index (χ0v) is 13.8. The van der Waals surface area contributed by atoms with Crippen molar-refractivity contribution < 1.29 is 14.7 Å². The van der Waals surface area contributed by atoms with E-state index in [1.807, 2.05) is 48.5 Å². The van der Waals surface area contributed by atoms with Gasteiger partial charge in [0.25, 0.3) is 5.91 Å². The summed E-state index contributed by atoms with van der Waals surface area (Å²) >= 11 is 0. The van der Waals surface area contributed by atoms with Gasteiger partial charge < -0.3 is 10.4 Å². The Hall–Kier alpha value is -3.66. The van der Waals surface area contributed by atoms with E-state index < -0.39 is 11.9 Å². The molecule has 0 atom stereocenters. The summed E-state index contributed by atoms with van der Waals surface area (Å²) in [6, 6.07) is 23.8. The highest BCUT2D eigenvalue weighted by atomic mass is 16.4. The van der Waals surface area contributed by atoms with E-state index in [1.165, 1.54) is 0 Å². The maximum atomic E-state index is 12.5. The first-order chi connectivity index (χ1) is 12.7. The number of fused-ring (bicyclic) bond motifs is 3. The van der Waals surface area contributed by atoms with Crippen molar-refractivity contribution in [3.63, 3.8) is 0 Å². The molecule has 1 amide bonds. The van der Waals surface area contributed by atoms with Gasteiger partial charge in [-0.15, -0.1) is 0 Å². The molecule has 2 N–H and O–H groups in total. The van der Waals surface area contributed by atoms with Gasteiger partial charge in [0.15, 0.2) is 0 Å². The summed E-state index contributed by atoms with van der Waals surface area (Å²) in [6.45, 7) is 0. The number of hydrogen-bond acceptors (Lipinski definition) is 2. The molecule has 0 heterocycles. The zero-order chi connectivity index (χ0) is 18.1. The van der Waals surface area contributed by atoms with Gasteiger partial charge in [-0.3, -0.25) is 4.79 Å². The Morgan fingerprint density at radius 1 is 0.654 bits per heavy atom. The molecule has 126 valence electrons. The van der Waals surface area contributed by atoms with E-state index in [4.69, 9.17) is 0 Å². The highest BCUT2D eigenvalue weighted by molar-refractivity contribution is 6.12. The lowest BCUT2D eigenvalue weighted by molar-refractivity contribution is -0.132. The average molecular weight is 341 g/mol. The highest BCUT2D eigenvalue weighted by Gasteiger charge is 2.29. The molecule has 3 aromatic carbocycles. The molecular formula is C22H15NO3. The number of carboxylic acids is 1. The SMILES string of the molecule is O=C(O)C(NC(=O)c1ccccc1)=C1c2ccccc2-c2ccccc21. The second kappa shape index (κ2) is 6.33. The molecule has 0 bridgehead atoms. The third kappa shape index (κ3) is 2.58. The van der Waals surface area contributed by atoms with Crippen LogP contribution in [0, 0.1) is 0 Å². The molecule has 0 fully saturated rings. The van der Waals surface area contributed by atoms with Crippen LogP contribution in [0.1, 0.15) is 21.5 Å². The van der Waals surface area contributed by atoms with Crippen LogP contribution in [0.2, 0.25) is 0 Å². The minimum atomic E-state index is -1.17. The lowest BCUT2D eigenvalue weighted by Crippen LogP contribution is -2.28. The van der Waals surface area contributed by atoms with Crippen molar-refractivity contribution in [2.45, 2.75) is 0 Å². The number of nitrogens with one attached hydrogen (secondary N) is 1. The Morgan fingerprint density at radius 2 is 1.12 bits per heavy atom.